The van der Waals surface area contributed by atoms with Gasteiger partial charge in [0.1, 0.15) is 0 Å². The molecule has 0 saturated carbocycles. The number of likely N-dealkylation sites (tertiary alicyclic amines) is 1. The minimum atomic E-state index is -0.168. The molecule has 2 atom stereocenters. The fourth-order valence-corrected chi connectivity index (χ4v) is 2.91. The highest BCUT2D eigenvalue weighted by molar-refractivity contribution is 5.85. The monoisotopic (exact) mass is 282 g/mol. The Morgan fingerprint density at radius 1 is 1.42 bits per heavy atom. The molecular weight excluding hydrogens is 260 g/mol. The van der Waals surface area contributed by atoms with E-state index >= 15 is 0 Å². The van der Waals surface area contributed by atoms with Crippen molar-refractivity contribution < 1.29 is 4.79 Å². The van der Waals surface area contributed by atoms with Gasteiger partial charge < -0.3 is 5.73 Å². The number of halogens is 1. The zero-order valence-electron chi connectivity index (χ0n) is 11.4. The normalized spacial score (nSPS) is 20.8. The molecule has 0 bridgehead atoms. The van der Waals surface area contributed by atoms with E-state index in [1.807, 2.05) is 6.07 Å². The first-order valence-electron chi connectivity index (χ1n) is 6.81. The van der Waals surface area contributed by atoms with Gasteiger partial charge in [-0.1, -0.05) is 37.3 Å². The van der Waals surface area contributed by atoms with Crippen LogP contribution < -0.4 is 5.73 Å². The Labute approximate surface area is 121 Å². The highest BCUT2D eigenvalue weighted by Crippen LogP contribution is 2.23. The third kappa shape index (κ3) is 3.95. The van der Waals surface area contributed by atoms with Gasteiger partial charge in [0.25, 0.3) is 0 Å². The van der Waals surface area contributed by atoms with Gasteiger partial charge in [0.05, 0.1) is 6.04 Å². The van der Waals surface area contributed by atoms with Crippen molar-refractivity contribution in [2.45, 2.75) is 44.7 Å². The lowest BCUT2D eigenvalue weighted by atomic mass is 10.0. The molecule has 0 spiro atoms. The van der Waals surface area contributed by atoms with Gasteiger partial charge >= 0.3 is 0 Å². The molecule has 0 aliphatic carbocycles. The molecule has 1 aromatic carbocycles. The number of hydrogen-bond acceptors (Lipinski definition) is 2. The highest BCUT2D eigenvalue weighted by atomic mass is 35.5. The van der Waals surface area contributed by atoms with Gasteiger partial charge in [-0.25, -0.2) is 0 Å². The third-order valence-corrected chi connectivity index (χ3v) is 3.88. The second-order valence-corrected chi connectivity index (χ2v) is 5.05. The van der Waals surface area contributed by atoms with E-state index in [0.717, 1.165) is 32.2 Å². The molecule has 0 aromatic heterocycles. The molecule has 3 nitrogen and oxygen atoms in total. The second-order valence-electron chi connectivity index (χ2n) is 5.05. The number of nitrogens with two attached hydrogens (primary N) is 1. The summed E-state index contributed by atoms with van der Waals surface area (Å²) in [6.07, 6.45) is 4.05. The number of nitrogens with zero attached hydrogens (tertiary/aromatic N) is 1. The molecule has 1 heterocycles. The quantitative estimate of drug-likeness (QED) is 0.901. The Kier molecular flexibility index (Phi) is 6.32. The number of benzene rings is 1. The van der Waals surface area contributed by atoms with Gasteiger partial charge in [-0.2, -0.15) is 0 Å². The van der Waals surface area contributed by atoms with Gasteiger partial charge in [0.2, 0.25) is 5.91 Å². The molecular formula is C15H23ClN2O. The predicted molar refractivity (Wildman–Crippen MR) is 80.4 cm³/mol. The molecule has 2 N–H and O–H groups in total. The molecule has 1 aliphatic rings. The van der Waals surface area contributed by atoms with Crippen LogP contribution in [0.1, 0.15) is 31.7 Å². The van der Waals surface area contributed by atoms with Crippen LogP contribution in [0.25, 0.3) is 0 Å². The fourth-order valence-electron chi connectivity index (χ4n) is 2.91. The summed E-state index contributed by atoms with van der Waals surface area (Å²) in [5.41, 5.74) is 6.83. The summed E-state index contributed by atoms with van der Waals surface area (Å²) < 4.78 is 0. The molecule has 1 fully saturated rings. The maximum Gasteiger partial charge on any atom is 0.234 e. The predicted octanol–water partition coefficient (Wildman–Crippen LogP) is 2.38. The fraction of sp³-hybridized carbons (Fsp3) is 0.533. The molecule has 1 unspecified atom stereocenters. The average molecular weight is 283 g/mol. The number of carbonyl (C=O) groups is 1. The molecule has 2 rings (SSSR count). The first-order valence-corrected chi connectivity index (χ1v) is 6.81. The lowest BCUT2D eigenvalue weighted by Gasteiger charge is -2.31. The Morgan fingerprint density at radius 2 is 2.11 bits per heavy atom. The molecule has 1 saturated heterocycles. The van der Waals surface area contributed by atoms with Gasteiger partial charge in [-0.05, 0) is 37.8 Å². The van der Waals surface area contributed by atoms with E-state index < -0.39 is 0 Å². The van der Waals surface area contributed by atoms with E-state index in [4.69, 9.17) is 5.73 Å². The minimum absolute atomic E-state index is 0. The first kappa shape index (κ1) is 16.0. The van der Waals surface area contributed by atoms with Crippen LogP contribution in [0.5, 0.6) is 0 Å². The Morgan fingerprint density at radius 3 is 2.68 bits per heavy atom. The van der Waals surface area contributed by atoms with E-state index in [2.05, 4.69) is 36.1 Å². The summed E-state index contributed by atoms with van der Waals surface area (Å²) >= 11 is 0. The summed E-state index contributed by atoms with van der Waals surface area (Å²) in [6.45, 7) is 3.18. The molecule has 19 heavy (non-hydrogen) atoms. The van der Waals surface area contributed by atoms with Gasteiger partial charge in [0, 0.05) is 6.04 Å². The Bertz CT molecular complexity index is 396. The maximum atomic E-state index is 11.5. The number of hydrogen-bond donors (Lipinski definition) is 1. The Balaban J connectivity index is 0.00000180. The summed E-state index contributed by atoms with van der Waals surface area (Å²) in [5.74, 6) is -0.168. The van der Waals surface area contributed by atoms with Crippen molar-refractivity contribution in [3.8, 4) is 0 Å². The second kappa shape index (κ2) is 7.51. The topological polar surface area (TPSA) is 46.3 Å². The van der Waals surface area contributed by atoms with Crippen LogP contribution in [0.15, 0.2) is 30.3 Å². The summed E-state index contributed by atoms with van der Waals surface area (Å²) in [4.78, 5) is 13.8. The van der Waals surface area contributed by atoms with Crippen molar-refractivity contribution in [2.75, 3.05) is 6.54 Å². The van der Waals surface area contributed by atoms with Crippen LogP contribution in [-0.2, 0) is 11.2 Å². The van der Waals surface area contributed by atoms with Crippen LogP contribution >= 0.6 is 12.4 Å². The van der Waals surface area contributed by atoms with Crippen molar-refractivity contribution >= 4 is 18.3 Å². The van der Waals surface area contributed by atoms with Crippen molar-refractivity contribution in [1.82, 2.24) is 4.90 Å². The van der Waals surface area contributed by atoms with Gasteiger partial charge in [-0.15, -0.1) is 12.4 Å². The van der Waals surface area contributed by atoms with Crippen LogP contribution in [0.4, 0.5) is 0 Å². The first-order chi connectivity index (χ1) is 8.72. The molecule has 1 aromatic rings. The lowest BCUT2D eigenvalue weighted by molar-refractivity contribution is -0.123. The summed E-state index contributed by atoms with van der Waals surface area (Å²) in [7, 11) is 0. The van der Waals surface area contributed by atoms with Crippen LogP contribution in [0.3, 0.4) is 0 Å². The van der Waals surface area contributed by atoms with E-state index in [0.29, 0.717) is 6.04 Å². The smallest absolute Gasteiger partial charge is 0.234 e. The molecule has 4 heteroatoms. The van der Waals surface area contributed by atoms with Crippen LogP contribution in [-0.4, -0.2) is 29.4 Å². The number of amides is 1. The van der Waals surface area contributed by atoms with Crippen LogP contribution in [0, 0.1) is 0 Å². The Hall–Kier alpha value is -1.06. The maximum absolute atomic E-state index is 11.5. The minimum Gasteiger partial charge on any atom is -0.368 e. The molecule has 1 aliphatic heterocycles. The van der Waals surface area contributed by atoms with E-state index in [9.17, 15) is 4.79 Å². The van der Waals surface area contributed by atoms with Crippen molar-refractivity contribution in [2.24, 2.45) is 5.73 Å². The number of carbonyl (C=O) groups excluding carboxylic acids is 1. The molecule has 0 radical (unpaired) electrons. The SMILES string of the molecule is CCC(Cc1ccccc1)N1CCC[C@H]1C(N)=O.Cl. The van der Waals surface area contributed by atoms with Gasteiger partial charge in [0.15, 0.2) is 0 Å². The molecule has 106 valence electrons. The lowest BCUT2D eigenvalue weighted by Crippen LogP contribution is -2.46. The van der Waals surface area contributed by atoms with Crippen molar-refractivity contribution in [3.05, 3.63) is 35.9 Å². The zero-order valence-corrected chi connectivity index (χ0v) is 12.2. The van der Waals surface area contributed by atoms with Crippen molar-refractivity contribution in [3.63, 3.8) is 0 Å². The number of rotatable bonds is 5. The van der Waals surface area contributed by atoms with Gasteiger partial charge in [-0.3, -0.25) is 9.69 Å². The summed E-state index contributed by atoms with van der Waals surface area (Å²) in [6, 6.07) is 10.8. The number of primary amides is 1. The highest BCUT2D eigenvalue weighted by Gasteiger charge is 2.33. The zero-order chi connectivity index (χ0) is 13.0. The largest absolute Gasteiger partial charge is 0.368 e. The summed E-state index contributed by atoms with van der Waals surface area (Å²) in [5, 5.41) is 0. The van der Waals surface area contributed by atoms with E-state index in [1.54, 1.807) is 0 Å². The van der Waals surface area contributed by atoms with E-state index in [1.165, 1.54) is 5.56 Å². The third-order valence-electron chi connectivity index (χ3n) is 3.88. The standard InChI is InChI=1S/C15H22N2O.ClH/c1-2-13(11-12-7-4-3-5-8-12)17-10-6-9-14(17)15(16)18;/h3-5,7-8,13-14H,2,6,9-11H2,1H3,(H2,16,18);1H/t13?,14-;/m0./s1. The molecule has 1 amide bonds. The van der Waals surface area contributed by atoms with E-state index in [-0.39, 0.29) is 24.4 Å². The van der Waals surface area contributed by atoms with Crippen molar-refractivity contribution in [1.29, 1.82) is 0 Å². The average Bonchev–Trinajstić information content (AvgIpc) is 2.86. The van der Waals surface area contributed by atoms with Crippen LogP contribution in [0.2, 0.25) is 0 Å².